The monoisotopic (exact) mass is 395 g/mol. The van der Waals surface area contributed by atoms with Crippen LogP contribution >= 0.6 is 0 Å². The average molecular weight is 396 g/mol. The molecule has 1 saturated heterocycles. The predicted octanol–water partition coefficient (Wildman–Crippen LogP) is 3.35. The third kappa shape index (κ3) is 6.32. The Morgan fingerprint density at radius 2 is 1.76 bits per heavy atom. The van der Waals surface area contributed by atoms with E-state index in [1.54, 1.807) is 12.1 Å². The number of ether oxygens (including phenoxy) is 1. The van der Waals surface area contributed by atoms with Gasteiger partial charge in [0.25, 0.3) is 11.8 Å². The number of carbonyl (C=O) groups excluding carboxylic acids is 2. The van der Waals surface area contributed by atoms with Crippen LogP contribution in [-0.4, -0.2) is 37.1 Å². The van der Waals surface area contributed by atoms with Crippen molar-refractivity contribution in [2.45, 2.75) is 45.4 Å². The maximum atomic E-state index is 12.5. The van der Waals surface area contributed by atoms with Crippen LogP contribution in [0.4, 0.5) is 5.69 Å². The Labute approximate surface area is 172 Å². The lowest BCUT2D eigenvalue weighted by molar-refractivity contribution is 0.0857. The highest BCUT2D eigenvalue weighted by atomic mass is 16.5. The second kappa shape index (κ2) is 10.1. The van der Waals surface area contributed by atoms with Gasteiger partial charge in [-0.1, -0.05) is 18.2 Å². The molecule has 0 aromatic heterocycles. The summed E-state index contributed by atoms with van der Waals surface area (Å²) in [7, 11) is 0. The summed E-state index contributed by atoms with van der Waals surface area (Å²) < 4.78 is 5.53. The number of hydrogen-bond acceptors (Lipinski definition) is 4. The van der Waals surface area contributed by atoms with Crippen LogP contribution in [0.1, 0.15) is 53.0 Å². The molecular weight excluding hydrogens is 366 g/mol. The topological polar surface area (TPSA) is 79.5 Å². The summed E-state index contributed by atoms with van der Waals surface area (Å²) in [6.45, 7) is 5.76. The molecule has 6 heteroatoms. The number of amides is 2. The van der Waals surface area contributed by atoms with Crippen LogP contribution < -0.4 is 16.0 Å². The highest BCUT2D eigenvalue weighted by Gasteiger charge is 2.16. The van der Waals surface area contributed by atoms with Crippen LogP contribution in [0.5, 0.6) is 0 Å². The molecule has 1 aliphatic rings. The molecule has 154 valence electrons. The molecule has 1 heterocycles. The van der Waals surface area contributed by atoms with Crippen LogP contribution in [-0.2, 0) is 11.3 Å². The molecule has 1 fully saturated rings. The van der Waals surface area contributed by atoms with Crippen molar-refractivity contribution in [2.75, 3.05) is 18.5 Å². The molecule has 2 amide bonds. The Balaban J connectivity index is 1.54. The summed E-state index contributed by atoms with van der Waals surface area (Å²) in [5, 5.41) is 9.14. The van der Waals surface area contributed by atoms with E-state index in [4.69, 9.17) is 4.74 Å². The number of carbonyl (C=O) groups is 2. The van der Waals surface area contributed by atoms with E-state index in [2.05, 4.69) is 29.8 Å². The molecular formula is C23H29N3O3. The van der Waals surface area contributed by atoms with Gasteiger partial charge in [0, 0.05) is 42.6 Å². The van der Waals surface area contributed by atoms with Crippen LogP contribution in [0.25, 0.3) is 0 Å². The zero-order valence-corrected chi connectivity index (χ0v) is 17.0. The minimum atomic E-state index is -0.148. The largest absolute Gasteiger partial charge is 0.383 e. The third-order valence-corrected chi connectivity index (χ3v) is 4.74. The molecule has 0 bridgehead atoms. The molecule has 3 N–H and O–H groups in total. The second-order valence-corrected chi connectivity index (χ2v) is 7.61. The van der Waals surface area contributed by atoms with Crippen LogP contribution in [0, 0.1) is 0 Å². The van der Waals surface area contributed by atoms with Gasteiger partial charge >= 0.3 is 0 Å². The molecule has 1 atom stereocenters. The van der Waals surface area contributed by atoms with Crippen molar-refractivity contribution in [2.24, 2.45) is 0 Å². The van der Waals surface area contributed by atoms with Crippen LogP contribution in [0.15, 0.2) is 48.5 Å². The third-order valence-electron chi connectivity index (χ3n) is 4.74. The van der Waals surface area contributed by atoms with E-state index in [-0.39, 0.29) is 17.9 Å². The summed E-state index contributed by atoms with van der Waals surface area (Å²) in [4.78, 5) is 24.9. The van der Waals surface area contributed by atoms with E-state index in [9.17, 15) is 9.59 Å². The average Bonchev–Trinajstić information content (AvgIpc) is 3.24. The van der Waals surface area contributed by atoms with Crippen molar-refractivity contribution in [1.82, 2.24) is 10.6 Å². The fourth-order valence-corrected chi connectivity index (χ4v) is 3.30. The van der Waals surface area contributed by atoms with Crippen molar-refractivity contribution in [3.05, 3.63) is 65.2 Å². The zero-order valence-electron chi connectivity index (χ0n) is 17.0. The minimum Gasteiger partial charge on any atom is -0.383 e. The summed E-state index contributed by atoms with van der Waals surface area (Å²) in [6, 6.07) is 15.0. The van der Waals surface area contributed by atoms with E-state index in [0.717, 1.165) is 30.7 Å². The van der Waals surface area contributed by atoms with Gasteiger partial charge in [-0.2, -0.15) is 0 Å². The molecule has 2 aromatic carbocycles. The van der Waals surface area contributed by atoms with Crippen molar-refractivity contribution in [3.8, 4) is 0 Å². The molecule has 0 spiro atoms. The fourth-order valence-electron chi connectivity index (χ4n) is 3.30. The Kier molecular flexibility index (Phi) is 7.25. The van der Waals surface area contributed by atoms with Gasteiger partial charge in [-0.3, -0.25) is 9.59 Å². The lowest BCUT2D eigenvalue weighted by atomic mass is 10.1. The maximum absolute atomic E-state index is 12.5. The molecule has 3 rings (SSSR count). The van der Waals surface area contributed by atoms with E-state index in [0.29, 0.717) is 30.3 Å². The normalized spacial score (nSPS) is 15.9. The quantitative estimate of drug-likeness (QED) is 0.640. The van der Waals surface area contributed by atoms with E-state index < -0.39 is 0 Å². The maximum Gasteiger partial charge on any atom is 0.251 e. The highest BCUT2D eigenvalue weighted by Crippen LogP contribution is 2.13. The van der Waals surface area contributed by atoms with E-state index in [1.807, 2.05) is 36.4 Å². The van der Waals surface area contributed by atoms with Crippen LogP contribution in [0.3, 0.4) is 0 Å². The smallest absolute Gasteiger partial charge is 0.251 e. The van der Waals surface area contributed by atoms with Gasteiger partial charge in [-0.15, -0.1) is 0 Å². The Morgan fingerprint density at radius 3 is 2.48 bits per heavy atom. The summed E-state index contributed by atoms with van der Waals surface area (Å²) in [5.41, 5.74) is 2.97. The number of rotatable bonds is 8. The molecule has 1 unspecified atom stereocenters. The first-order valence-electron chi connectivity index (χ1n) is 10.1. The van der Waals surface area contributed by atoms with Gasteiger partial charge in [-0.25, -0.2) is 0 Å². The molecule has 2 aromatic rings. The summed E-state index contributed by atoms with van der Waals surface area (Å²) in [6.07, 6.45) is 2.15. The number of hydrogen-bond donors (Lipinski definition) is 3. The van der Waals surface area contributed by atoms with Gasteiger partial charge in [0.2, 0.25) is 0 Å². The van der Waals surface area contributed by atoms with Crippen molar-refractivity contribution in [3.63, 3.8) is 0 Å². The number of benzene rings is 2. The Bertz CT molecular complexity index is 845. The lowest BCUT2D eigenvalue weighted by Gasteiger charge is -2.12. The molecule has 0 saturated carbocycles. The molecule has 0 radical (unpaired) electrons. The summed E-state index contributed by atoms with van der Waals surface area (Å²) in [5.74, 6) is -0.271. The fraction of sp³-hybridized carbons (Fsp3) is 0.391. The first kappa shape index (κ1) is 20.9. The first-order chi connectivity index (χ1) is 14.0. The zero-order chi connectivity index (χ0) is 20.6. The molecule has 29 heavy (non-hydrogen) atoms. The van der Waals surface area contributed by atoms with Crippen LogP contribution in [0.2, 0.25) is 0 Å². The molecule has 1 aliphatic heterocycles. The molecule has 0 aliphatic carbocycles. The standard InChI is InChI=1S/C23H29N3O3/c1-16(2)26-20-9-4-8-19(13-20)23(28)24-14-17-6-3-7-18(12-17)22(27)25-15-21-10-5-11-29-21/h3-4,6-9,12-13,16,21,26H,5,10-11,14-15H2,1-2H3,(H,24,28)(H,25,27). The summed E-state index contributed by atoms with van der Waals surface area (Å²) >= 11 is 0. The number of anilines is 1. The lowest BCUT2D eigenvalue weighted by Crippen LogP contribution is -2.31. The first-order valence-corrected chi connectivity index (χ1v) is 10.1. The predicted molar refractivity (Wildman–Crippen MR) is 114 cm³/mol. The van der Waals surface area contributed by atoms with Crippen molar-refractivity contribution in [1.29, 1.82) is 0 Å². The second-order valence-electron chi connectivity index (χ2n) is 7.61. The SMILES string of the molecule is CC(C)Nc1cccc(C(=O)NCc2cccc(C(=O)NCC3CCCO3)c2)c1. The van der Waals surface area contributed by atoms with Gasteiger partial charge in [0.05, 0.1) is 6.10 Å². The minimum absolute atomic E-state index is 0.113. The Hall–Kier alpha value is -2.86. The van der Waals surface area contributed by atoms with E-state index >= 15 is 0 Å². The molecule has 6 nitrogen and oxygen atoms in total. The van der Waals surface area contributed by atoms with Gasteiger partial charge < -0.3 is 20.7 Å². The van der Waals surface area contributed by atoms with Crippen molar-refractivity contribution >= 4 is 17.5 Å². The number of nitrogens with one attached hydrogen (secondary N) is 3. The van der Waals surface area contributed by atoms with Gasteiger partial charge in [0.15, 0.2) is 0 Å². The van der Waals surface area contributed by atoms with Crippen molar-refractivity contribution < 1.29 is 14.3 Å². The van der Waals surface area contributed by atoms with Gasteiger partial charge in [-0.05, 0) is 62.6 Å². The van der Waals surface area contributed by atoms with E-state index in [1.165, 1.54) is 0 Å². The Morgan fingerprint density at radius 1 is 1.03 bits per heavy atom. The highest BCUT2D eigenvalue weighted by molar-refractivity contribution is 5.95. The van der Waals surface area contributed by atoms with Gasteiger partial charge in [0.1, 0.15) is 0 Å².